The Kier molecular flexibility index (Phi) is 3.99. The van der Waals surface area contributed by atoms with E-state index < -0.39 is 0 Å². The predicted molar refractivity (Wildman–Crippen MR) is 51.1 cm³/mol. The van der Waals surface area contributed by atoms with Gasteiger partial charge in [-0.05, 0) is 32.1 Å². The summed E-state index contributed by atoms with van der Waals surface area (Å²) in [7, 11) is 0. The minimum absolute atomic E-state index is 0.768. The topological polar surface area (TPSA) is 0 Å². The van der Waals surface area contributed by atoms with Crippen molar-refractivity contribution >= 4 is 11.6 Å². The molecule has 0 N–H and O–H groups in total. The normalized spacial score (nSPS) is 21.1. The van der Waals surface area contributed by atoms with Crippen molar-refractivity contribution in [2.24, 2.45) is 5.92 Å². The lowest BCUT2D eigenvalue weighted by Crippen LogP contribution is -1.94. The third-order valence-corrected chi connectivity index (χ3v) is 2.79. The van der Waals surface area contributed by atoms with Gasteiger partial charge >= 0.3 is 0 Å². The summed E-state index contributed by atoms with van der Waals surface area (Å²) in [4.78, 5) is 0. The molecule has 1 aliphatic carbocycles. The lowest BCUT2D eigenvalue weighted by atomic mass is 9.98. The minimum Gasteiger partial charge on any atom is -0.126 e. The highest BCUT2D eigenvalue weighted by Gasteiger charge is 2.15. The fourth-order valence-electron chi connectivity index (χ4n) is 1.83. The molecule has 0 bridgehead atoms. The maximum Gasteiger partial charge on any atom is 0.0258 e. The molecule has 0 atom stereocenters. The van der Waals surface area contributed by atoms with Crippen molar-refractivity contribution in [1.29, 1.82) is 0 Å². The molecular weight excluding hydrogens is 156 g/mol. The van der Waals surface area contributed by atoms with Crippen LogP contribution in [0.1, 0.15) is 39.0 Å². The Morgan fingerprint density at radius 1 is 1.45 bits per heavy atom. The molecule has 0 aromatic rings. The van der Waals surface area contributed by atoms with Crippen molar-refractivity contribution in [2.45, 2.75) is 39.0 Å². The highest BCUT2D eigenvalue weighted by atomic mass is 35.5. The average molecular weight is 173 g/mol. The predicted octanol–water partition coefficient (Wildman–Crippen LogP) is 3.75. The number of rotatable bonds is 3. The molecule has 0 saturated heterocycles. The van der Waals surface area contributed by atoms with Gasteiger partial charge in [-0.3, -0.25) is 0 Å². The van der Waals surface area contributed by atoms with Gasteiger partial charge in [-0.15, -0.1) is 11.6 Å². The van der Waals surface area contributed by atoms with Crippen LogP contribution < -0.4 is 0 Å². The highest BCUT2D eigenvalue weighted by Crippen LogP contribution is 2.30. The van der Waals surface area contributed by atoms with E-state index in [1.165, 1.54) is 25.7 Å². The molecule has 64 valence electrons. The minimum atomic E-state index is 0.768. The Morgan fingerprint density at radius 3 is 2.64 bits per heavy atom. The lowest BCUT2D eigenvalue weighted by Gasteiger charge is -2.08. The zero-order valence-corrected chi connectivity index (χ0v) is 8.03. The Morgan fingerprint density at radius 2 is 2.09 bits per heavy atom. The summed E-state index contributed by atoms with van der Waals surface area (Å²) in [6.07, 6.45) is 9.02. The quantitative estimate of drug-likeness (QED) is 0.449. The molecule has 1 fully saturated rings. The largest absolute Gasteiger partial charge is 0.126 e. The van der Waals surface area contributed by atoms with Crippen molar-refractivity contribution in [2.75, 3.05) is 5.88 Å². The Balaban J connectivity index is 2.32. The second-order valence-corrected chi connectivity index (χ2v) is 3.79. The molecule has 0 aromatic carbocycles. The molecule has 1 rings (SSSR count). The van der Waals surface area contributed by atoms with E-state index in [0.29, 0.717) is 0 Å². The Bertz CT molecular complexity index is 132. The number of hydrogen-bond donors (Lipinski definition) is 0. The molecule has 1 aliphatic rings. The van der Waals surface area contributed by atoms with E-state index in [0.717, 1.165) is 18.2 Å². The van der Waals surface area contributed by atoms with Crippen LogP contribution in [-0.4, -0.2) is 5.88 Å². The second-order valence-electron chi connectivity index (χ2n) is 3.41. The zero-order valence-electron chi connectivity index (χ0n) is 7.28. The molecule has 1 saturated carbocycles. The molecule has 0 unspecified atom stereocenters. The van der Waals surface area contributed by atoms with Crippen LogP contribution in [0.4, 0.5) is 0 Å². The molecule has 0 radical (unpaired) electrons. The standard InChI is InChI=1S/C10H17Cl/c1-9(5-4-8-11)10-6-2-3-7-10/h5,10H,2-4,6-8H2,1H3. The molecule has 0 aromatic heterocycles. The molecular formula is C10H17Cl. The van der Waals surface area contributed by atoms with Gasteiger partial charge in [-0.2, -0.15) is 0 Å². The van der Waals surface area contributed by atoms with Gasteiger partial charge in [0.25, 0.3) is 0 Å². The third-order valence-electron chi connectivity index (χ3n) is 2.57. The summed E-state index contributed by atoms with van der Waals surface area (Å²) >= 11 is 5.61. The summed E-state index contributed by atoms with van der Waals surface area (Å²) < 4.78 is 0. The Hall–Kier alpha value is 0.0300. The molecule has 0 amide bonds. The van der Waals surface area contributed by atoms with Crippen LogP contribution in [0.25, 0.3) is 0 Å². The van der Waals surface area contributed by atoms with E-state index in [4.69, 9.17) is 11.6 Å². The monoisotopic (exact) mass is 172 g/mol. The Labute approximate surface area is 74.6 Å². The van der Waals surface area contributed by atoms with Gasteiger partial charge in [0.15, 0.2) is 0 Å². The van der Waals surface area contributed by atoms with E-state index in [9.17, 15) is 0 Å². The summed E-state index contributed by atoms with van der Waals surface area (Å²) in [5.41, 5.74) is 1.57. The molecule has 0 spiro atoms. The van der Waals surface area contributed by atoms with Crippen molar-refractivity contribution in [3.63, 3.8) is 0 Å². The van der Waals surface area contributed by atoms with Crippen molar-refractivity contribution in [3.8, 4) is 0 Å². The SMILES string of the molecule is CC(=CCCCl)C1CCCC1. The van der Waals surface area contributed by atoms with Crippen LogP contribution in [0.2, 0.25) is 0 Å². The second kappa shape index (κ2) is 4.82. The van der Waals surface area contributed by atoms with Crippen LogP contribution in [0.5, 0.6) is 0 Å². The van der Waals surface area contributed by atoms with Gasteiger partial charge in [0.05, 0.1) is 0 Å². The fraction of sp³-hybridized carbons (Fsp3) is 0.800. The summed E-state index contributed by atoms with van der Waals surface area (Å²) in [5, 5.41) is 0. The zero-order chi connectivity index (χ0) is 8.10. The molecule has 1 heteroatoms. The lowest BCUT2D eigenvalue weighted by molar-refractivity contribution is 0.639. The van der Waals surface area contributed by atoms with Gasteiger partial charge in [-0.25, -0.2) is 0 Å². The van der Waals surface area contributed by atoms with E-state index in [1.54, 1.807) is 5.57 Å². The van der Waals surface area contributed by atoms with E-state index in [-0.39, 0.29) is 0 Å². The summed E-state index contributed by atoms with van der Waals surface area (Å²) in [6, 6.07) is 0. The van der Waals surface area contributed by atoms with E-state index >= 15 is 0 Å². The van der Waals surface area contributed by atoms with Crippen LogP contribution in [-0.2, 0) is 0 Å². The number of hydrogen-bond acceptors (Lipinski definition) is 0. The van der Waals surface area contributed by atoms with Crippen molar-refractivity contribution in [3.05, 3.63) is 11.6 Å². The summed E-state index contributed by atoms with van der Waals surface area (Å²) in [5.74, 6) is 1.66. The van der Waals surface area contributed by atoms with Crippen LogP contribution >= 0.6 is 11.6 Å². The number of allylic oxidation sites excluding steroid dienone is 2. The van der Waals surface area contributed by atoms with Gasteiger partial charge in [0, 0.05) is 5.88 Å². The first kappa shape index (κ1) is 9.12. The first-order valence-corrected chi connectivity index (χ1v) is 5.10. The van der Waals surface area contributed by atoms with Crippen LogP contribution in [0.3, 0.4) is 0 Å². The smallest absolute Gasteiger partial charge is 0.0258 e. The molecule has 11 heavy (non-hydrogen) atoms. The third kappa shape index (κ3) is 2.86. The van der Waals surface area contributed by atoms with Crippen LogP contribution in [0, 0.1) is 5.92 Å². The van der Waals surface area contributed by atoms with Crippen molar-refractivity contribution in [1.82, 2.24) is 0 Å². The molecule has 0 nitrogen and oxygen atoms in total. The summed E-state index contributed by atoms with van der Waals surface area (Å²) in [6.45, 7) is 2.25. The highest BCUT2D eigenvalue weighted by molar-refractivity contribution is 6.17. The van der Waals surface area contributed by atoms with Gasteiger partial charge in [0.1, 0.15) is 0 Å². The average Bonchev–Trinajstić information content (AvgIpc) is 2.52. The number of alkyl halides is 1. The van der Waals surface area contributed by atoms with E-state index in [1.807, 2.05) is 0 Å². The van der Waals surface area contributed by atoms with Gasteiger partial charge < -0.3 is 0 Å². The fourth-order valence-corrected chi connectivity index (χ4v) is 1.94. The van der Waals surface area contributed by atoms with Crippen molar-refractivity contribution < 1.29 is 0 Å². The maximum absolute atomic E-state index is 5.61. The van der Waals surface area contributed by atoms with E-state index in [2.05, 4.69) is 13.0 Å². The molecule has 0 aliphatic heterocycles. The molecule has 0 heterocycles. The van der Waals surface area contributed by atoms with Gasteiger partial charge in [0.2, 0.25) is 0 Å². The maximum atomic E-state index is 5.61. The first-order valence-electron chi connectivity index (χ1n) is 4.57. The number of halogens is 1. The van der Waals surface area contributed by atoms with Crippen LogP contribution in [0.15, 0.2) is 11.6 Å². The first-order chi connectivity index (χ1) is 5.34. The van der Waals surface area contributed by atoms with Gasteiger partial charge in [-0.1, -0.05) is 24.5 Å².